The Bertz CT molecular complexity index is 977. The van der Waals surface area contributed by atoms with E-state index in [-0.39, 0.29) is 9.90 Å². The Morgan fingerprint density at radius 2 is 2.04 bits per heavy atom. The second-order valence-electron chi connectivity index (χ2n) is 5.19. The van der Waals surface area contributed by atoms with Crippen LogP contribution in [0.25, 0.3) is 9.88 Å². The molecule has 0 unspecified atom stereocenters. The SMILES string of the molecule is CCc1csc(-c2ccc(S(=O)(=O)Nc3ccc(C)c(F)c3)s2)n1. The molecular formula is C16H15FN2O2S3. The summed E-state index contributed by atoms with van der Waals surface area (Å²) in [5.74, 6) is -0.447. The monoisotopic (exact) mass is 382 g/mol. The molecule has 0 aliphatic heterocycles. The summed E-state index contributed by atoms with van der Waals surface area (Å²) in [5.41, 5.74) is 1.66. The number of thiazole rings is 1. The topological polar surface area (TPSA) is 59.1 Å². The molecule has 24 heavy (non-hydrogen) atoms. The van der Waals surface area contributed by atoms with E-state index in [0.717, 1.165) is 33.3 Å². The van der Waals surface area contributed by atoms with Crippen LogP contribution < -0.4 is 4.72 Å². The van der Waals surface area contributed by atoms with Gasteiger partial charge in [0.25, 0.3) is 10.0 Å². The zero-order valence-corrected chi connectivity index (χ0v) is 15.5. The molecule has 0 saturated carbocycles. The van der Waals surface area contributed by atoms with Crippen molar-refractivity contribution in [2.45, 2.75) is 24.5 Å². The van der Waals surface area contributed by atoms with Crippen LogP contribution in [0.2, 0.25) is 0 Å². The largest absolute Gasteiger partial charge is 0.279 e. The maximum absolute atomic E-state index is 13.6. The second-order valence-corrected chi connectivity index (χ2v) is 9.04. The fourth-order valence-corrected chi connectivity index (χ4v) is 5.35. The second kappa shape index (κ2) is 6.62. The summed E-state index contributed by atoms with van der Waals surface area (Å²) in [6.45, 7) is 3.64. The van der Waals surface area contributed by atoms with E-state index < -0.39 is 15.8 Å². The Labute approximate surface area is 148 Å². The van der Waals surface area contributed by atoms with Gasteiger partial charge in [0.15, 0.2) is 0 Å². The van der Waals surface area contributed by atoms with Crippen LogP contribution >= 0.6 is 22.7 Å². The molecule has 126 valence electrons. The summed E-state index contributed by atoms with van der Waals surface area (Å²) in [6, 6.07) is 7.54. The van der Waals surface area contributed by atoms with Crippen LogP contribution in [-0.4, -0.2) is 13.4 Å². The van der Waals surface area contributed by atoms with Crippen LogP contribution in [0.4, 0.5) is 10.1 Å². The third kappa shape index (κ3) is 3.50. The standard InChI is InChI=1S/C16H15FN2O2S3/c1-3-11-9-22-16(18-11)14-6-7-15(23-14)24(20,21)19-12-5-4-10(2)13(17)8-12/h4-9,19H,3H2,1-2H3. The number of nitrogens with zero attached hydrogens (tertiary/aromatic N) is 1. The van der Waals surface area contributed by atoms with E-state index in [9.17, 15) is 12.8 Å². The van der Waals surface area contributed by atoms with Crippen molar-refractivity contribution >= 4 is 38.4 Å². The number of halogens is 1. The van der Waals surface area contributed by atoms with E-state index >= 15 is 0 Å². The number of sulfonamides is 1. The van der Waals surface area contributed by atoms with E-state index in [2.05, 4.69) is 9.71 Å². The van der Waals surface area contributed by atoms with Gasteiger partial charge in [-0.15, -0.1) is 22.7 Å². The average molecular weight is 383 g/mol. The van der Waals surface area contributed by atoms with E-state index in [0.29, 0.717) is 5.56 Å². The number of anilines is 1. The number of hydrogen-bond acceptors (Lipinski definition) is 5. The number of benzene rings is 1. The van der Waals surface area contributed by atoms with Gasteiger partial charge >= 0.3 is 0 Å². The molecule has 0 aliphatic carbocycles. The quantitative estimate of drug-likeness (QED) is 0.697. The Kier molecular flexibility index (Phi) is 4.71. The summed E-state index contributed by atoms with van der Waals surface area (Å²) in [7, 11) is -3.75. The summed E-state index contributed by atoms with van der Waals surface area (Å²) < 4.78 is 41.1. The van der Waals surface area contributed by atoms with Crippen molar-refractivity contribution in [2.75, 3.05) is 4.72 Å². The van der Waals surface area contributed by atoms with Gasteiger partial charge in [-0.3, -0.25) is 4.72 Å². The molecule has 2 aromatic heterocycles. The number of rotatable bonds is 5. The predicted octanol–water partition coefficient (Wildman–Crippen LogP) is 4.68. The van der Waals surface area contributed by atoms with E-state index in [1.165, 1.54) is 23.5 Å². The lowest BCUT2D eigenvalue weighted by Gasteiger charge is -2.07. The molecule has 0 fully saturated rings. The smallest absolute Gasteiger partial charge is 0.271 e. The van der Waals surface area contributed by atoms with Gasteiger partial charge in [-0.2, -0.15) is 0 Å². The molecule has 0 aliphatic rings. The molecule has 0 bridgehead atoms. The van der Waals surface area contributed by atoms with Crippen LogP contribution in [0.15, 0.2) is 39.9 Å². The number of hydrogen-bond donors (Lipinski definition) is 1. The molecule has 1 aromatic carbocycles. The van der Waals surface area contributed by atoms with Crippen molar-refractivity contribution in [3.8, 4) is 9.88 Å². The van der Waals surface area contributed by atoms with Gasteiger partial charge in [0.2, 0.25) is 0 Å². The third-order valence-corrected chi connectivity index (χ3v) is 7.41. The maximum atomic E-state index is 13.6. The van der Waals surface area contributed by atoms with Gasteiger partial charge in [-0.25, -0.2) is 17.8 Å². The number of aromatic nitrogens is 1. The zero-order chi connectivity index (χ0) is 17.3. The minimum atomic E-state index is -3.75. The molecule has 0 spiro atoms. The van der Waals surface area contributed by atoms with Crippen LogP contribution in [0.3, 0.4) is 0 Å². The lowest BCUT2D eigenvalue weighted by Crippen LogP contribution is -2.11. The molecule has 1 N–H and O–H groups in total. The van der Waals surface area contributed by atoms with Gasteiger partial charge < -0.3 is 0 Å². The highest BCUT2D eigenvalue weighted by Gasteiger charge is 2.19. The van der Waals surface area contributed by atoms with Crippen molar-refractivity contribution in [3.63, 3.8) is 0 Å². The molecule has 3 aromatic rings. The Hall–Kier alpha value is -1.77. The first-order valence-electron chi connectivity index (χ1n) is 7.22. The Morgan fingerprint density at radius 3 is 2.71 bits per heavy atom. The number of aryl methyl sites for hydroxylation is 2. The first-order chi connectivity index (χ1) is 11.4. The summed E-state index contributed by atoms with van der Waals surface area (Å²) in [4.78, 5) is 5.26. The summed E-state index contributed by atoms with van der Waals surface area (Å²) in [5, 5.41) is 2.77. The minimum absolute atomic E-state index is 0.173. The molecule has 3 rings (SSSR count). The molecule has 4 nitrogen and oxygen atoms in total. The van der Waals surface area contributed by atoms with Crippen molar-refractivity contribution < 1.29 is 12.8 Å². The normalized spacial score (nSPS) is 11.6. The molecule has 0 amide bonds. The first kappa shape index (κ1) is 17.1. The predicted molar refractivity (Wildman–Crippen MR) is 96.8 cm³/mol. The van der Waals surface area contributed by atoms with Crippen molar-refractivity contribution in [2.24, 2.45) is 0 Å². The molecule has 8 heteroatoms. The zero-order valence-electron chi connectivity index (χ0n) is 13.0. The molecular weight excluding hydrogens is 367 g/mol. The van der Waals surface area contributed by atoms with E-state index in [4.69, 9.17) is 0 Å². The molecule has 0 atom stereocenters. The minimum Gasteiger partial charge on any atom is -0.279 e. The van der Waals surface area contributed by atoms with Crippen molar-refractivity contribution in [1.82, 2.24) is 4.98 Å². The van der Waals surface area contributed by atoms with Crippen LogP contribution in [-0.2, 0) is 16.4 Å². The highest BCUT2D eigenvalue weighted by molar-refractivity contribution is 7.94. The van der Waals surface area contributed by atoms with E-state index in [1.807, 2.05) is 12.3 Å². The van der Waals surface area contributed by atoms with Crippen molar-refractivity contribution in [3.05, 3.63) is 52.8 Å². The van der Waals surface area contributed by atoms with Gasteiger partial charge in [0.05, 0.1) is 16.3 Å². The highest BCUT2D eigenvalue weighted by Crippen LogP contribution is 2.33. The highest BCUT2D eigenvalue weighted by atomic mass is 32.2. The average Bonchev–Trinajstić information content (AvgIpc) is 3.19. The lowest BCUT2D eigenvalue weighted by atomic mass is 10.2. The van der Waals surface area contributed by atoms with Crippen molar-refractivity contribution in [1.29, 1.82) is 0 Å². The summed E-state index contributed by atoms with van der Waals surface area (Å²) >= 11 is 2.64. The van der Waals surface area contributed by atoms with Gasteiger partial charge in [-0.05, 0) is 43.2 Å². The number of nitrogens with one attached hydrogen (secondary N) is 1. The van der Waals surface area contributed by atoms with E-state index in [1.54, 1.807) is 25.1 Å². The van der Waals surface area contributed by atoms with Gasteiger partial charge in [-0.1, -0.05) is 13.0 Å². The Morgan fingerprint density at radius 1 is 1.25 bits per heavy atom. The maximum Gasteiger partial charge on any atom is 0.271 e. The number of thiophene rings is 1. The molecule has 0 radical (unpaired) electrons. The molecule has 2 heterocycles. The summed E-state index contributed by atoms with van der Waals surface area (Å²) in [6.07, 6.45) is 0.841. The lowest BCUT2D eigenvalue weighted by molar-refractivity contribution is 0.603. The van der Waals surface area contributed by atoms with Gasteiger partial charge in [0.1, 0.15) is 15.0 Å². The van der Waals surface area contributed by atoms with Crippen LogP contribution in [0.1, 0.15) is 18.2 Å². The third-order valence-electron chi connectivity index (χ3n) is 3.40. The fraction of sp³-hybridized carbons (Fsp3) is 0.188. The fourth-order valence-electron chi connectivity index (χ4n) is 2.02. The first-order valence-corrected chi connectivity index (χ1v) is 10.4. The van der Waals surface area contributed by atoms with Crippen LogP contribution in [0.5, 0.6) is 0 Å². The molecule has 0 saturated heterocycles. The van der Waals surface area contributed by atoms with Gasteiger partial charge in [0, 0.05) is 5.38 Å². The Balaban J connectivity index is 1.86. The van der Waals surface area contributed by atoms with Crippen LogP contribution in [0, 0.1) is 12.7 Å².